The number of carbonyl (C=O) groups is 1. The number of thiazole rings is 1. The fourth-order valence-electron chi connectivity index (χ4n) is 3.71. The number of aromatic nitrogens is 1. The number of fused-ring (bicyclic) bond motifs is 1. The monoisotopic (exact) mass is 467 g/mol. The van der Waals surface area contributed by atoms with E-state index >= 15 is 0 Å². The van der Waals surface area contributed by atoms with Gasteiger partial charge in [0.15, 0.2) is 10.7 Å². The minimum atomic E-state index is -0.688. The third-order valence-corrected chi connectivity index (χ3v) is 6.24. The van der Waals surface area contributed by atoms with E-state index in [0.717, 1.165) is 5.56 Å². The first-order chi connectivity index (χ1) is 15.8. The van der Waals surface area contributed by atoms with Crippen molar-refractivity contribution in [1.29, 1.82) is 0 Å². The van der Waals surface area contributed by atoms with Crippen molar-refractivity contribution in [3.05, 3.63) is 78.7 Å². The number of furan rings is 1. The Balaban J connectivity index is 1.93. The Hall–Kier alpha value is -3.59. The molecule has 0 fully saturated rings. The van der Waals surface area contributed by atoms with Crippen molar-refractivity contribution in [2.75, 3.05) is 32.7 Å². The first kappa shape index (κ1) is 22.6. The minimum absolute atomic E-state index is 0.220. The molecule has 0 bridgehead atoms. The second-order valence-corrected chi connectivity index (χ2v) is 8.66. The van der Waals surface area contributed by atoms with Gasteiger partial charge in [0.1, 0.15) is 11.5 Å². The molecule has 3 heterocycles. The van der Waals surface area contributed by atoms with Crippen molar-refractivity contribution in [2.45, 2.75) is 19.9 Å². The highest BCUT2D eigenvalue weighted by molar-refractivity contribution is 7.07. The molecule has 1 aliphatic heterocycles. The molecule has 1 unspecified atom stereocenters. The number of anilines is 1. The zero-order chi connectivity index (χ0) is 23.7. The molecular weight excluding hydrogens is 442 g/mol. The van der Waals surface area contributed by atoms with Crippen LogP contribution in [-0.2, 0) is 9.53 Å². The highest BCUT2D eigenvalue weighted by atomic mass is 32.1. The SMILES string of the molecule is CCOC(=O)C1=C(C)N=c2s/c(=C\c3ccc(N(C)C)o3)c(=O)n2C1c1cccc(OC)c1. The summed E-state index contributed by atoms with van der Waals surface area (Å²) in [5, 5.41) is 0. The topological polar surface area (TPSA) is 86.3 Å². The molecule has 172 valence electrons. The Morgan fingerprint density at radius 1 is 1.30 bits per heavy atom. The average Bonchev–Trinajstić information content (AvgIpc) is 3.38. The average molecular weight is 468 g/mol. The molecule has 0 amide bonds. The Morgan fingerprint density at radius 3 is 2.76 bits per heavy atom. The van der Waals surface area contributed by atoms with Crippen LogP contribution in [0, 0.1) is 0 Å². The van der Waals surface area contributed by atoms with Crippen LogP contribution in [0.5, 0.6) is 5.75 Å². The molecular formula is C24H25N3O5S. The maximum absolute atomic E-state index is 13.6. The van der Waals surface area contributed by atoms with Crippen molar-refractivity contribution in [3.63, 3.8) is 0 Å². The molecule has 9 heteroatoms. The molecule has 0 aliphatic carbocycles. The summed E-state index contributed by atoms with van der Waals surface area (Å²) in [4.78, 5) is 33.4. The predicted octanol–water partition coefficient (Wildman–Crippen LogP) is 2.47. The molecule has 0 N–H and O–H groups in total. The predicted molar refractivity (Wildman–Crippen MR) is 126 cm³/mol. The van der Waals surface area contributed by atoms with Gasteiger partial charge in [-0.2, -0.15) is 0 Å². The molecule has 3 aromatic rings. The number of nitrogens with zero attached hydrogens (tertiary/aromatic N) is 3. The van der Waals surface area contributed by atoms with Crippen molar-refractivity contribution >= 4 is 29.3 Å². The number of benzene rings is 1. The Kier molecular flexibility index (Phi) is 6.24. The van der Waals surface area contributed by atoms with E-state index in [1.807, 2.05) is 55.4 Å². The van der Waals surface area contributed by atoms with Gasteiger partial charge in [0.25, 0.3) is 5.56 Å². The number of methoxy groups -OCH3 is 1. The molecule has 4 rings (SSSR count). The number of hydrogen-bond acceptors (Lipinski definition) is 8. The molecule has 0 spiro atoms. The summed E-state index contributed by atoms with van der Waals surface area (Å²) in [6.07, 6.45) is 1.70. The Bertz CT molecular complexity index is 1410. The van der Waals surface area contributed by atoms with Crippen LogP contribution >= 0.6 is 11.3 Å². The van der Waals surface area contributed by atoms with E-state index < -0.39 is 12.0 Å². The lowest BCUT2D eigenvalue weighted by Gasteiger charge is -2.24. The quantitative estimate of drug-likeness (QED) is 0.518. The lowest BCUT2D eigenvalue weighted by Crippen LogP contribution is -2.39. The van der Waals surface area contributed by atoms with Gasteiger partial charge in [-0.15, -0.1) is 0 Å². The molecule has 0 saturated heterocycles. The van der Waals surface area contributed by atoms with Gasteiger partial charge in [-0.1, -0.05) is 23.5 Å². The van der Waals surface area contributed by atoms with Gasteiger partial charge >= 0.3 is 5.97 Å². The molecule has 1 aliphatic rings. The van der Waals surface area contributed by atoms with Crippen LogP contribution in [0.3, 0.4) is 0 Å². The van der Waals surface area contributed by atoms with Crippen molar-refractivity contribution in [2.24, 2.45) is 4.99 Å². The molecule has 0 radical (unpaired) electrons. The summed E-state index contributed by atoms with van der Waals surface area (Å²) in [5.74, 6) is 1.37. The summed E-state index contributed by atoms with van der Waals surface area (Å²) in [6, 6.07) is 10.3. The van der Waals surface area contributed by atoms with Crippen molar-refractivity contribution < 1.29 is 18.7 Å². The first-order valence-electron chi connectivity index (χ1n) is 10.4. The van der Waals surface area contributed by atoms with E-state index in [1.54, 1.807) is 31.6 Å². The Morgan fingerprint density at radius 2 is 2.09 bits per heavy atom. The number of rotatable bonds is 6. The molecule has 0 saturated carbocycles. The smallest absolute Gasteiger partial charge is 0.338 e. The second-order valence-electron chi connectivity index (χ2n) is 7.65. The first-order valence-corrected chi connectivity index (χ1v) is 11.3. The van der Waals surface area contributed by atoms with E-state index in [2.05, 4.69) is 4.99 Å². The van der Waals surface area contributed by atoms with Crippen LogP contribution in [0.1, 0.15) is 31.2 Å². The van der Waals surface area contributed by atoms with Crippen LogP contribution in [0.25, 0.3) is 6.08 Å². The highest BCUT2D eigenvalue weighted by Crippen LogP contribution is 2.32. The summed E-state index contributed by atoms with van der Waals surface area (Å²) in [6.45, 7) is 3.72. The van der Waals surface area contributed by atoms with Crippen molar-refractivity contribution in [1.82, 2.24) is 4.57 Å². The van der Waals surface area contributed by atoms with Crippen LogP contribution < -0.4 is 24.5 Å². The number of hydrogen-bond donors (Lipinski definition) is 0. The fourth-order valence-corrected chi connectivity index (χ4v) is 4.73. The minimum Gasteiger partial charge on any atom is -0.497 e. The lowest BCUT2D eigenvalue weighted by atomic mass is 9.95. The van der Waals surface area contributed by atoms with Gasteiger partial charge in [-0.05, 0) is 37.6 Å². The Labute approximate surface area is 194 Å². The maximum Gasteiger partial charge on any atom is 0.338 e. The highest BCUT2D eigenvalue weighted by Gasteiger charge is 2.33. The molecule has 8 nitrogen and oxygen atoms in total. The normalized spacial score (nSPS) is 15.8. The van der Waals surface area contributed by atoms with E-state index in [0.29, 0.717) is 38.0 Å². The largest absolute Gasteiger partial charge is 0.497 e. The van der Waals surface area contributed by atoms with Gasteiger partial charge in [0.05, 0.1) is 35.6 Å². The van der Waals surface area contributed by atoms with E-state index in [1.165, 1.54) is 11.3 Å². The number of esters is 1. The van der Waals surface area contributed by atoms with Gasteiger partial charge in [0, 0.05) is 26.2 Å². The third kappa shape index (κ3) is 4.23. The number of carbonyl (C=O) groups excluding carboxylic acids is 1. The van der Waals surface area contributed by atoms with Crippen LogP contribution in [-0.4, -0.2) is 38.3 Å². The van der Waals surface area contributed by atoms with Gasteiger partial charge in [-0.3, -0.25) is 9.36 Å². The fraction of sp³-hybridized carbons (Fsp3) is 0.292. The van der Waals surface area contributed by atoms with Gasteiger partial charge < -0.3 is 18.8 Å². The zero-order valence-electron chi connectivity index (χ0n) is 19.1. The standard InChI is InChI=1S/C24H25N3O5S/c1-6-31-23(29)20-14(2)25-24-27(21(20)15-8-7-9-16(12-15)30-5)22(28)18(33-24)13-17-10-11-19(32-17)26(3)4/h7-13,21H,6H2,1-5H3/b18-13-. The van der Waals surface area contributed by atoms with Gasteiger partial charge in [0.2, 0.25) is 0 Å². The van der Waals surface area contributed by atoms with E-state index in [4.69, 9.17) is 13.9 Å². The van der Waals surface area contributed by atoms with Crippen LogP contribution in [0.15, 0.2) is 61.9 Å². The van der Waals surface area contributed by atoms with Crippen molar-refractivity contribution in [3.8, 4) is 5.75 Å². The summed E-state index contributed by atoms with van der Waals surface area (Å²) < 4.78 is 18.5. The molecule has 1 aromatic carbocycles. The van der Waals surface area contributed by atoms with Crippen LogP contribution in [0.4, 0.5) is 5.88 Å². The number of ether oxygens (including phenoxy) is 2. The second kappa shape index (κ2) is 9.11. The molecule has 2 aromatic heterocycles. The third-order valence-electron chi connectivity index (χ3n) is 5.25. The van der Waals surface area contributed by atoms with Gasteiger partial charge in [-0.25, -0.2) is 9.79 Å². The molecule has 33 heavy (non-hydrogen) atoms. The van der Waals surface area contributed by atoms with E-state index in [-0.39, 0.29) is 12.2 Å². The molecule has 1 atom stereocenters. The number of allylic oxidation sites excluding steroid dienone is 1. The van der Waals surface area contributed by atoms with E-state index in [9.17, 15) is 9.59 Å². The lowest BCUT2D eigenvalue weighted by molar-refractivity contribution is -0.139. The summed E-state index contributed by atoms with van der Waals surface area (Å²) in [7, 11) is 5.33. The maximum atomic E-state index is 13.6. The summed E-state index contributed by atoms with van der Waals surface area (Å²) >= 11 is 1.25. The zero-order valence-corrected chi connectivity index (χ0v) is 19.9. The summed E-state index contributed by atoms with van der Waals surface area (Å²) in [5.41, 5.74) is 1.31. The van der Waals surface area contributed by atoms with Crippen LogP contribution in [0.2, 0.25) is 0 Å².